The Labute approximate surface area is 289 Å². The minimum absolute atomic E-state index is 0.127. The molecular formula is C39H50N6O4. The number of aromatic nitrogens is 4. The zero-order chi connectivity index (χ0) is 35.1. The molecule has 0 aliphatic carbocycles. The van der Waals surface area contributed by atoms with E-state index in [2.05, 4.69) is 91.2 Å². The number of H-pyrrole nitrogens is 2. The number of carbonyl (C=O) groups is 2. The maximum atomic E-state index is 12.8. The lowest BCUT2D eigenvalue weighted by Crippen LogP contribution is -2.53. The van der Waals surface area contributed by atoms with E-state index in [0.29, 0.717) is 13.1 Å². The van der Waals surface area contributed by atoms with E-state index in [1.54, 1.807) is 9.80 Å². The summed E-state index contributed by atoms with van der Waals surface area (Å²) in [7, 11) is 0. The first-order valence-electron chi connectivity index (χ1n) is 17.6. The van der Waals surface area contributed by atoms with Gasteiger partial charge in [0.1, 0.15) is 22.8 Å². The Bertz CT molecular complexity index is 1790. The molecule has 4 aromatic rings. The van der Waals surface area contributed by atoms with Crippen molar-refractivity contribution in [2.75, 3.05) is 13.1 Å². The molecule has 10 heteroatoms. The number of likely N-dealkylation sites (tertiary alicyclic amines) is 2. The lowest BCUT2D eigenvalue weighted by atomic mass is 9.71. The molecule has 0 spiro atoms. The molecule has 4 heterocycles. The maximum absolute atomic E-state index is 12.8. The normalized spacial score (nSPS) is 19.9. The first-order chi connectivity index (χ1) is 23.2. The molecule has 0 unspecified atom stereocenters. The molecule has 2 aromatic carbocycles. The summed E-state index contributed by atoms with van der Waals surface area (Å²) in [6.45, 7) is 15.3. The molecular weight excluding hydrogens is 616 g/mol. The second kappa shape index (κ2) is 13.0. The van der Waals surface area contributed by atoms with Crippen molar-refractivity contribution in [1.29, 1.82) is 0 Å². The van der Waals surface area contributed by atoms with Gasteiger partial charge in [-0.15, -0.1) is 0 Å². The number of aryl methyl sites for hydroxylation is 1. The molecule has 3 N–H and O–H groups in total. The Kier molecular flexibility index (Phi) is 9.11. The van der Waals surface area contributed by atoms with Crippen molar-refractivity contribution in [3.8, 4) is 33.6 Å². The van der Waals surface area contributed by atoms with E-state index in [9.17, 15) is 14.7 Å². The number of imidazole rings is 2. The number of amides is 2. The van der Waals surface area contributed by atoms with Gasteiger partial charge in [-0.1, -0.05) is 82.6 Å². The third-order valence-electron chi connectivity index (χ3n) is 10.0. The summed E-state index contributed by atoms with van der Waals surface area (Å²) in [5.41, 5.74) is 5.44. The van der Waals surface area contributed by atoms with E-state index >= 15 is 0 Å². The predicted octanol–water partition coefficient (Wildman–Crippen LogP) is 9.17. The molecule has 0 saturated carbocycles. The van der Waals surface area contributed by atoms with Gasteiger partial charge in [0.2, 0.25) is 0 Å². The van der Waals surface area contributed by atoms with E-state index in [1.165, 1.54) is 0 Å². The van der Waals surface area contributed by atoms with Gasteiger partial charge in [-0.25, -0.2) is 19.6 Å². The van der Waals surface area contributed by atoms with Crippen LogP contribution in [-0.2, 0) is 16.7 Å². The van der Waals surface area contributed by atoms with E-state index in [-0.39, 0.29) is 17.6 Å². The van der Waals surface area contributed by atoms with Gasteiger partial charge in [-0.3, -0.25) is 9.80 Å². The number of carboxylic acid groups (broad SMARTS) is 1. The zero-order valence-electron chi connectivity index (χ0n) is 29.9. The number of aromatic amines is 2. The van der Waals surface area contributed by atoms with Crippen LogP contribution in [0.1, 0.15) is 104 Å². The van der Waals surface area contributed by atoms with E-state index in [1.807, 2.05) is 27.0 Å². The van der Waals surface area contributed by atoms with Crippen LogP contribution in [-0.4, -0.2) is 65.7 Å². The molecule has 2 aromatic heterocycles. The average Bonchev–Trinajstić information content (AvgIpc) is 3.85. The number of rotatable bonds is 7. The Balaban J connectivity index is 1.21. The third-order valence-corrected chi connectivity index (χ3v) is 10.0. The van der Waals surface area contributed by atoms with Crippen molar-refractivity contribution >= 4 is 12.2 Å². The molecule has 2 amide bonds. The number of carbonyl (C=O) groups excluding carboxylic acids is 1. The lowest BCUT2D eigenvalue weighted by Gasteiger charge is -2.45. The number of nitrogens with zero attached hydrogens (tertiary/aromatic N) is 4. The summed E-state index contributed by atoms with van der Waals surface area (Å²) >= 11 is 0. The van der Waals surface area contributed by atoms with Crippen molar-refractivity contribution in [2.45, 2.75) is 104 Å². The molecule has 2 atom stereocenters. The van der Waals surface area contributed by atoms with Gasteiger partial charge in [0.25, 0.3) is 0 Å². The highest BCUT2D eigenvalue weighted by atomic mass is 16.6. The van der Waals surface area contributed by atoms with Crippen LogP contribution in [0, 0.1) is 5.41 Å². The van der Waals surface area contributed by atoms with Gasteiger partial charge < -0.3 is 19.8 Å². The monoisotopic (exact) mass is 666 g/mol. The van der Waals surface area contributed by atoms with E-state index in [4.69, 9.17) is 9.72 Å². The summed E-state index contributed by atoms with van der Waals surface area (Å²) in [6.07, 6.45) is 5.72. The van der Waals surface area contributed by atoms with Crippen LogP contribution < -0.4 is 0 Å². The minimum atomic E-state index is -0.899. The smallest absolute Gasteiger partial charge is 0.410 e. The van der Waals surface area contributed by atoms with Crippen LogP contribution in [0.25, 0.3) is 33.6 Å². The third kappa shape index (κ3) is 6.57. The number of hydrogen-bond acceptors (Lipinski definition) is 5. The molecule has 2 aliphatic rings. The topological polar surface area (TPSA) is 127 Å². The highest BCUT2D eigenvalue weighted by Gasteiger charge is 2.55. The van der Waals surface area contributed by atoms with Gasteiger partial charge in [0, 0.05) is 24.3 Å². The van der Waals surface area contributed by atoms with Crippen LogP contribution in [0.15, 0.2) is 54.7 Å². The quantitative estimate of drug-likeness (QED) is 0.181. The number of benzene rings is 2. The highest BCUT2D eigenvalue weighted by molar-refractivity contribution is 5.73. The lowest BCUT2D eigenvalue weighted by molar-refractivity contribution is 0.0213. The highest BCUT2D eigenvalue weighted by Crippen LogP contribution is 2.51. The van der Waals surface area contributed by atoms with Crippen LogP contribution in [0.4, 0.5) is 9.59 Å². The van der Waals surface area contributed by atoms with Gasteiger partial charge >= 0.3 is 12.2 Å². The predicted molar refractivity (Wildman–Crippen MR) is 191 cm³/mol. The zero-order valence-corrected chi connectivity index (χ0v) is 29.9. The van der Waals surface area contributed by atoms with Gasteiger partial charge in [-0.2, -0.15) is 0 Å². The van der Waals surface area contributed by atoms with Gasteiger partial charge in [-0.05, 0) is 75.0 Å². The van der Waals surface area contributed by atoms with Gasteiger partial charge in [0.15, 0.2) is 0 Å². The average molecular weight is 667 g/mol. The Morgan fingerprint density at radius 1 is 0.918 bits per heavy atom. The molecule has 2 saturated heterocycles. The maximum Gasteiger partial charge on any atom is 0.410 e. The van der Waals surface area contributed by atoms with Crippen molar-refractivity contribution in [3.63, 3.8) is 0 Å². The Morgan fingerprint density at radius 3 is 2.14 bits per heavy atom. The number of hydrogen-bond donors (Lipinski definition) is 3. The van der Waals surface area contributed by atoms with Gasteiger partial charge in [0.05, 0.1) is 23.6 Å². The summed E-state index contributed by atoms with van der Waals surface area (Å²) in [5.74, 6) is 1.52. The van der Waals surface area contributed by atoms with E-state index < -0.39 is 17.2 Å². The van der Waals surface area contributed by atoms with Crippen molar-refractivity contribution in [3.05, 3.63) is 72.1 Å². The first-order valence-corrected chi connectivity index (χ1v) is 17.6. The summed E-state index contributed by atoms with van der Waals surface area (Å²) in [6, 6.07) is 16.7. The van der Waals surface area contributed by atoms with Crippen LogP contribution in [0.3, 0.4) is 0 Å². The fourth-order valence-electron chi connectivity index (χ4n) is 7.64. The van der Waals surface area contributed by atoms with Crippen molar-refractivity contribution in [2.24, 2.45) is 5.41 Å². The molecule has 49 heavy (non-hydrogen) atoms. The largest absolute Gasteiger partial charge is 0.465 e. The minimum Gasteiger partial charge on any atom is -0.465 e. The standard InChI is InChI=1S/C39H50N6O4/c1-8-11-29-32(43-34(42-29)39(37(2,3)4)21-10-23-45(39)35(46)47)28-19-15-26(16-20-28)25-13-17-27(18-14-25)30-24-40-33(41-30)31-12-9-22-44(31)36(48)49-38(5,6)7/h13-20,24,31H,8-12,21-23H2,1-7H3,(H,40,41)(H,42,43)(H,46,47)/t31-,39+/m0/s1. The summed E-state index contributed by atoms with van der Waals surface area (Å²) < 4.78 is 5.64. The summed E-state index contributed by atoms with van der Waals surface area (Å²) in [4.78, 5) is 45.5. The van der Waals surface area contributed by atoms with Crippen LogP contribution in [0.2, 0.25) is 0 Å². The van der Waals surface area contributed by atoms with Crippen molar-refractivity contribution < 1.29 is 19.4 Å². The number of ether oxygens (including phenoxy) is 1. The second-order valence-corrected chi connectivity index (χ2v) is 15.5. The first kappa shape index (κ1) is 34.3. The molecule has 0 radical (unpaired) electrons. The van der Waals surface area contributed by atoms with E-state index in [0.717, 1.165) is 89.5 Å². The molecule has 6 rings (SSSR count). The summed E-state index contributed by atoms with van der Waals surface area (Å²) in [5, 5.41) is 10.2. The Hall–Kier alpha value is -4.60. The van der Waals surface area contributed by atoms with Crippen LogP contribution >= 0.6 is 0 Å². The SMILES string of the molecule is CCCc1[nH]c([C@@]2(C(C)(C)C)CCCN2C(=O)O)nc1-c1ccc(-c2ccc(-c3cnc([C@@H]4CCCN4C(=O)OC(C)(C)C)[nH]3)cc2)cc1. The molecule has 260 valence electrons. The molecule has 2 aliphatic heterocycles. The van der Waals surface area contributed by atoms with Crippen molar-refractivity contribution in [1.82, 2.24) is 29.7 Å². The Morgan fingerprint density at radius 2 is 1.55 bits per heavy atom. The molecule has 0 bridgehead atoms. The molecule has 10 nitrogen and oxygen atoms in total. The number of nitrogens with one attached hydrogen (secondary N) is 2. The fraction of sp³-hybridized carbons (Fsp3) is 0.487. The molecule has 2 fully saturated rings. The second-order valence-electron chi connectivity index (χ2n) is 15.5. The van der Waals surface area contributed by atoms with Crippen LogP contribution in [0.5, 0.6) is 0 Å². The fourth-order valence-corrected chi connectivity index (χ4v) is 7.64.